The van der Waals surface area contributed by atoms with E-state index in [1.807, 2.05) is 0 Å². The molecule has 0 aromatic carbocycles. The van der Waals surface area contributed by atoms with Crippen molar-refractivity contribution in [2.75, 3.05) is 19.6 Å². The van der Waals surface area contributed by atoms with E-state index in [-0.39, 0.29) is 0 Å². The Bertz CT molecular complexity index is 211. The van der Waals surface area contributed by atoms with E-state index in [4.69, 9.17) is 0 Å². The molecule has 1 aliphatic heterocycles. The van der Waals surface area contributed by atoms with E-state index in [1.54, 1.807) is 0 Å². The van der Waals surface area contributed by atoms with E-state index in [0.29, 0.717) is 5.54 Å². The predicted octanol–water partition coefficient (Wildman–Crippen LogP) is 2.25. The monoisotopic (exact) mass is 210 g/mol. The normalized spacial score (nSPS) is 36.2. The van der Waals surface area contributed by atoms with Crippen LogP contribution in [0.25, 0.3) is 0 Å². The van der Waals surface area contributed by atoms with Crippen molar-refractivity contribution >= 4 is 0 Å². The van der Waals surface area contributed by atoms with Crippen molar-refractivity contribution in [1.82, 2.24) is 10.2 Å². The molecule has 2 rings (SSSR count). The molecule has 2 unspecified atom stereocenters. The molecular weight excluding hydrogens is 184 g/mol. The first-order valence-corrected chi connectivity index (χ1v) is 6.64. The largest absolute Gasteiger partial charge is 0.314 e. The number of hydrogen-bond acceptors (Lipinski definition) is 2. The Morgan fingerprint density at radius 2 is 2.13 bits per heavy atom. The number of likely N-dealkylation sites (tertiary alicyclic amines) is 1. The maximum absolute atomic E-state index is 3.62. The first-order chi connectivity index (χ1) is 7.15. The lowest BCUT2D eigenvalue weighted by molar-refractivity contribution is -0.00683. The molecule has 0 aromatic heterocycles. The second-order valence-electron chi connectivity index (χ2n) is 5.73. The Morgan fingerprint density at radius 1 is 1.40 bits per heavy atom. The topological polar surface area (TPSA) is 15.3 Å². The number of nitrogens with one attached hydrogen (secondary N) is 1. The highest BCUT2D eigenvalue weighted by atomic mass is 15.2. The summed E-state index contributed by atoms with van der Waals surface area (Å²) in [5.41, 5.74) is 0.561. The van der Waals surface area contributed by atoms with E-state index >= 15 is 0 Å². The van der Waals surface area contributed by atoms with Crippen LogP contribution in [-0.2, 0) is 0 Å². The third-order valence-electron chi connectivity index (χ3n) is 4.57. The van der Waals surface area contributed by atoms with Crippen LogP contribution >= 0.6 is 0 Å². The predicted molar refractivity (Wildman–Crippen MR) is 65.1 cm³/mol. The van der Waals surface area contributed by atoms with Gasteiger partial charge in [-0.2, -0.15) is 0 Å². The van der Waals surface area contributed by atoms with Gasteiger partial charge in [-0.15, -0.1) is 0 Å². The van der Waals surface area contributed by atoms with Crippen molar-refractivity contribution in [2.24, 2.45) is 5.92 Å². The van der Waals surface area contributed by atoms with Crippen LogP contribution in [-0.4, -0.2) is 36.1 Å². The maximum Gasteiger partial charge on any atom is 0.0181 e. The first kappa shape index (κ1) is 11.4. The Labute approximate surface area is 94.4 Å². The molecule has 0 amide bonds. The molecule has 2 heteroatoms. The van der Waals surface area contributed by atoms with Crippen molar-refractivity contribution in [1.29, 1.82) is 0 Å². The fourth-order valence-corrected chi connectivity index (χ4v) is 3.21. The molecule has 1 aliphatic carbocycles. The first-order valence-electron chi connectivity index (χ1n) is 6.64. The molecule has 15 heavy (non-hydrogen) atoms. The average molecular weight is 210 g/mol. The zero-order valence-corrected chi connectivity index (χ0v) is 10.6. The third-order valence-corrected chi connectivity index (χ3v) is 4.57. The van der Waals surface area contributed by atoms with Gasteiger partial charge in [-0.25, -0.2) is 0 Å². The van der Waals surface area contributed by atoms with Gasteiger partial charge in [0, 0.05) is 24.7 Å². The Hall–Kier alpha value is -0.0800. The minimum atomic E-state index is 0.561. The summed E-state index contributed by atoms with van der Waals surface area (Å²) < 4.78 is 0. The lowest BCUT2D eigenvalue weighted by Crippen LogP contribution is -2.58. The van der Waals surface area contributed by atoms with Gasteiger partial charge in [-0.05, 0) is 45.1 Å². The van der Waals surface area contributed by atoms with Crippen LogP contribution in [0, 0.1) is 5.92 Å². The van der Waals surface area contributed by atoms with Gasteiger partial charge >= 0.3 is 0 Å². The van der Waals surface area contributed by atoms with Crippen molar-refractivity contribution in [3.8, 4) is 0 Å². The Balaban J connectivity index is 1.87. The summed E-state index contributed by atoms with van der Waals surface area (Å²) in [6.45, 7) is 10.8. The number of hydrogen-bond donors (Lipinski definition) is 1. The van der Waals surface area contributed by atoms with Crippen LogP contribution in [0.4, 0.5) is 0 Å². The van der Waals surface area contributed by atoms with Crippen LogP contribution in [0.3, 0.4) is 0 Å². The quantitative estimate of drug-likeness (QED) is 0.768. The molecule has 2 aliphatic rings. The minimum Gasteiger partial charge on any atom is -0.314 e. The van der Waals surface area contributed by atoms with Crippen LogP contribution in [0.1, 0.15) is 46.5 Å². The van der Waals surface area contributed by atoms with Gasteiger partial charge in [0.2, 0.25) is 0 Å². The summed E-state index contributed by atoms with van der Waals surface area (Å²) in [5.74, 6) is 0.816. The molecular formula is C13H26N2. The van der Waals surface area contributed by atoms with Crippen molar-refractivity contribution in [3.63, 3.8) is 0 Å². The fourth-order valence-electron chi connectivity index (χ4n) is 3.21. The summed E-state index contributed by atoms with van der Waals surface area (Å²) in [4.78, 5) is 2.75. The molecule has 0 radical (unpaired) electrons. The molecule has 0 aromatic rings. The summed E-state index contributed by atoms with van der Waals surface area (Å²) in [5, 5.41) is 3.62. The van der Waals surface area contributed by atoms with E-state index < -0.39 is 0 Å². The highest BCUT2D eigenvalue weighted by Gasteiger charge is 2.40. The average Bonchev–Trinajstić information content (AvgIpc) is 2.18. The second kappa shape index (κ2) is 4.42. The van der Waals surface area contributed by atoms with E-state index in [0.717, 1.165) is 18.5 Å². The molecule has 0 bridgehead atoms. The lowest BCUT2D eigenvalue weighted by Gasteiger charge is -2.52. The fraction of sp³-hybridized carbons (Fsp3) is 1.00. The number of nitrogens with zero attached hydrogens (tertiary/aromatic N) is 1. The molecule has 2 atom stereocenters. The highest BCUT2D eigenvalue weighted by molar-refractivity contribution is 4.97. The van der Waals surface area contributed by atoms with E-state index in [2.05, 4.69) is 31.0 Å². The third kappa shape index (κ3) is 2.21. The van der Waals surface area contributed by atoms with Crippen LogP contribution in [0.2, 0.25) is 0 Å². The van der Waals surface area contributed by atoms with Gasteiger partial charge in [0.05, 0.1) is 0 Å². The minimum absolute atomic E-state index is 0.561. The molecule has 2 nitrogen and oxygen atoms in total. The second-order valence-corrected chi connectivity index (χ2v) is 5.73. The van der Waals surface area contributed by atoms with E-state index in [9.17, 15) is 0 Å². The summed E-state index contributed by atoms with van der Waals surface area (Å²) >= 11 is 0. The zero-order chi connectivity index (χ0) is 10.9. The van der Waals surface area contributed by atoms with Gasteiger partial charge in [0.25, 0.3) is 0 Å². The summed E-state index contributed by atoms with van der Waals surface area (Å²) in [7, 11) is 0. The van der Waals surface area contributed by atoms with Gasteiger partial charge in [0.15, 0.2) is 0 Å². The van der Waals surface area contributed by atoms with Crippen LogP contribution in [0.5, 0.6) is 0 Å². The van der Waals surface area contributed by atoms with Crippen LogP contribution in [0.15, 0.2) is 0 Å². The van der Waals surface area contributed by atoms with Gasteiger partial charge in [0.1, 0.15) is 0 Å². The lowest BCUT2D eigenvalue weighted by atomic mass is 9.75. The SMILES string of the molecule is CCNC1CCN(C2(C)CCC2)CC1C. The maximum atomic E-state index is 3.62. The molecule has 1 N–H and O–H groups in total. The molecule has 1 saturated carbocycles. The molecule has 88 valence electrons. The van der Waals surface area contributed by atoms with Crippen molar-refractivity contribution in [2.45, 2.75) is 58.0 Å². The molecule has 1 heterocycles. The molecule has 0 spiro atoms. The smallest absolute Gasteiger partial charge is 0.0181 e. The molecule has 2 fully saturated rings. The van der Waals surface area contributed by atoms with Gasteiger partial charge < -0.3 is 5.32 Å². The van der Waals surface area contributed by atoms with Crippen LogP contribution < -0.4 is 5.32 Å². The van der Waals surface area contributed by atoms with Gasteiger partial charge in [-0.3, -0.25) is 4.90 Å². The highest BCUT2D eigenvalue weighted by Crippen LogP contribution is 2.39. The summed E-state index contributed by atoms with van der Waals surface area (Å²) in [6.07, 6.45) is 5.62. The van der Waals surface area contributed by atoms with Crippen molar-refractivity contribution < 1.29 is 0 Å². The Morgan fingerprint density at radius 3 is 2.60 bits per heavy atom. The zero-order valence-electron chi connectivity index (χ0n) is 10.6. The van der Waals surface area contributed by atoms with Crippen molar-refractivity contribution in [3.05, 3.63) is 0 Å². The van der Waals surface area contributed by atoms with E-state index in [1.165, 1.54) is 38.8 Å². The molecule has 1 saturated heterocycles. The number of piperidine rings is 1. The standard InChI is InChI=1S/C13H26N2/c1-4-14-12-6-9-15(10-11(12)2)13(3)7-5-8-13/h11-12,14H,4-10H2,1-3H3. The Kier molecular flexibility index (Phi) is 3.36. The number of rotatable bonds is 3. The summed E-state index contributed by atoms with van der Waals surface area (Å²) in [6, 6.07) is 0.759. The van der Waals surface area contributed by atoms with Gasteiger partial charge in [-0.1, -0.05) is 13.8 Å².